The van der Waals surface area contributed by atoms with Crippen LogP contribution >= 0.6 is 0 Å². The van der Waals surface area contributed by atoms with E-state index in [1.807, 2.05) is 53.2 Å². The van der Waals surface area contributed by atoms with Crippen molar-refractivity contribution in [3.8, 4) is 11.5 Å². The van der Waals surface area contributed by atoms with Crippen molar-refractivity contribution in [2.75, 3.05) is 52.4 Å². The number of para-hydroxylation sites is 1. The van der Waals surface area contributed by atoms with E-state index in [1.54, 1.807) is 27.2 Å². The van der Waals surface area contributed by atoms with Gasteiger partial charge in [0.2, 0.25) is 5.91 Å². The predicted octanol–water partition coefficient (Wildman–Crippen LogP) is 3.30. The molecule has 2 heterocycles. The molecule has 5 rings (SSSR count). The van der Waals surface area contributed by atoms with Crippen LogP contribution in [-0.2, 0) is 16.1 Å². The van der Waals surface area contributed by atoms with Gasteiger partial charge in [0.1, 0.15) is 23.1 Å². The van der Waals surface area contributed by atoms with E-state index in [2.05, 4.69) is 20.6 Å². The van der Waals surface area contributed by atoms with E-state index in [0.29, 0.717) is 42.3 Å². The van der Waals surface area contributed by atoms with Gasteiger partial charge in [-0.15, -0.1) is 0 Å². The number of fused-ring (bicyclic) bond motifs is 2. The second-order valence-electron chi connectivity index (χ2n) is 9.47. The number of amides is 2. The number of carbonyl (C=O) groups is 2. The molecule has 0 radical (unpaired) electrons. The van der Waals surface area contributed by atoms with Gasteiger partial charge in [0.15, 0.2) is 5.69 Å². The van der Waals surface area contributed by atoms with Gasteiger partial charge in [-0.25, -0.2) is 0 Å². The smallest absolute Gasteiger partial charge is 0.273 e. The molecule has 39 heavy (non-hydrogen) atoms. The van der Waals surface area contributed by atoms with Crippen LogP contribution in [0.15, 0.2) is 54.6 Å². The summed E-state index contributed by atoms with van der Waals surface area (Å²) >= 11 is 0. The summed E-state index contributed by atoms with van der Waals surface area (Å²) in [4.78, 5) is 28.7. The molecule has 1 fully saturated rings. The van der Waals surface area contributed by atoms with Crippen LogP contribution in [0.3, 0.4) is 0 Å². The Morgan fingerprint density at radius 3 is 2.49 bits per heavy atom. The molecule has 0 aliphatic carbocycles. The molecule has 2 amide bonds. The van der Waals surface area contributed by atoms with E-state index < -0.39 is 11.9 Å². The lowest BCUT2D eigenvalue weighted by molar-refractivity contribution is -0.117. The molecular formula is C29H33N5O5. The zero-order valence-electron chi connectivity index (χ0n) is 22.4. The van der Waals surface area contributed by atoms with Crippen LogP contribution < -0.4 is 20.1 Å². The first kappa shape index (κ1) is 26.5. The molecule has 10 nitrogen and oxygen atoms in total. The van der Waals surface area contributed by atoms with Crippen molar-refractivity contribution >= 4 is 39.2 Å². The van der Waals surface area contributed by atoms with Gasteiger partial charge in [-0.2, -0.15) is 5.10 Å². The fourth-order valence-electron chi connectivity index (χ4n) is 4.86. The molecule has 4 aromatic rings. The number of hydrogen-bond acceptors (Lipinski definition) is 7. The summed E-state index contributed by atoms with van der Waals surface area (Å²) in [5.41, 5.74) is 1.58. The van der Waals surface area contributed by atoms with Crippen molar-refractivity contribution in [2.24, 2.45) is 0 Å². The Kier molecular flexibility index (Phi) is 7.94. The largest absolute Gasteiger partial charge is 0.496 e. The second-order valence-corrected chi connectivity index (χ2v) is 9.47. The van der Waals surface area contributed by atoms with E-state index in [0.717, 1.165) is 35.9 Å². The van der Waals surface area contributed by atoms with Crippen molar-refractivity contribution in [2.45, 2.75) is 19.5 Å². The number of morpholine rings is 1. The maximum atomic E-state index is 13.4. The number of anilines is 1. The minimum atomic E-state index is -0.811. The monoisotopic (exact) mass is 531 g/mol. The summed E-state index contributed by atoms with van der Waals surface area (Å²) in [6, 6.07) is 16.1. The van der Waals surface area contributed by atoms with Crippen LogP contribution in [0, 0.1) is 0 Å². The highest BCUT2D eigenvalue weighted by atomic mass is 16.5. The predicted molar refractivity (Wildman–Crippen MR) is 150 cm³/mol. The summed E-state index contributed by atoms with van der Waals surface area (Å²) in [7, 11) is 3.19. The lowest BCUT2D eigenvalue weighted by Gasteiger charge is -2.26. The van der Waals surface area contributed by atoms with E-state index in [-0.39, 0.29) is 11.6 Å². The summed E-state index contributed by atoms with van der Waals surface area (Å²) in [6.45, 7) is 6.14. The average Bonchev–Trinajstić information content (AvgIpc) is 3.35. The van der Waals surface area contributed by atoms with Crippen molar-refractivity contribution in [3.05, 3.63) is 60.3 Å². The Balaban J connectivity index is 1.33. The zero-order chi connectivity index (χ0) is 27.4. The lowest BCUT2D eigenvalue weighted by atomic mass is 10.1. The summed E-state index contributed by atoms with van der Waals surface area (Å²) in [5, 5.41) is 12.9. The fraction of sp³-hybridized carbons (Fsp3) is 0.345. The maximum Gasteiger partial charge on any atom is 0.273 e. The molecule has 2 N–H and O–H groups in total. The number of nitrogens with zero attached hydrogens (tertiary/aromatic N) is 3. The number of nitrogens with one attached hydrogen (secondary N) is 2. The van der Waals surface area contributed by atoms with Gasteiger partial charge in [0, 0.05) is 42.2 Å². The van der Waals surface area contributed by atoms with Crippen LogP contribution in [0.2, 0.25) is 0 Å². The highest BCUT2D eigenvalue weighted by Crippen LogP contribution is 2.30. The molecule has 0 saturated carbocycles. The number of carbonyl (C=O) groups excluding carboxylic acids is 2. The summed E-state index contributed by atoms with van der Waals surface area (Å²) in [5.74, 6) is 0.506. The first-order valence-corrected chi connectivity index (χ1v) is 13.0. The van der Waals surface area contributed by atoms with E-state index in [1.165, 1.54) is 0 Å². The average molecular weight is 532 g/mol. The molecule has 10 heteroatoms. The first-order valence-electron chi connectivity index (χ1n) is 13.0. The highest BCUT2D eigenvalue weighted by Gasteiger charge is 2.24. The number of methoxy groups -OCH3 is 2. The number of benzene rings is 3. The summed E-state index contributed by atoms with van der Waals surface area (Å²) in [6.07, 6.45) is 0. The third-order valence-corrected chi connectivity index (χ3v) is 6.95. The molecule has 0 spiro atoms. The van der Waals surface area contributed by atoms with Gasteiger partial charge in [-0.05, 0) is 24.4 Å². The molecule has 1 aliphatic rings. The van der Waals surface area contributed by atoms with E-state index in [4.69, 9.17) is 14.2 Å². The summed E-state index contributed by atoms with van der Waals surface area (Å²) < 4.78 is 18.3. The van der Waals surface area contributed by atoms with Gasteiger partial charge in [0.05, 0.1) is 34.0 Å². The van der Waals surface area contributed by atoms with Gasteiger partial charge in [-0.3, -0.25) is 19.2 Å². The van der Waals surface area contributed by atoms with Crippen LogP contribution in [0.4, 0.5) is 5.69 Å². The SMILES string of the molecule is COc1cc(NC(=O)[C@H](C)NC(=O)c2nn(CCN3CCOCC3)c3c(OC)cccc23)cc2ccccc12. The number of hydrogen-bond donors (Lipinski definition) is 2. The Bertz CT molecular complexity index is 1490. The zero-order valence-corrected chi connectivity index (χ0v) is 22.4. The fourth-order valence-corrected chi connectivity index (χ4v) is 4.86. The Morgan fingerprint density at radius 1 is 0.974 bits per heavy atom. The minimum Gasteiger partial charge on any atom is -0.496 e. The molecular weight excluding hydrogens is 498 g/mol. The van der Waals surface area contributed by atoms with E-state index in [9.17, 15) is 9.59 Å². The number of ether oxygens (including phenoxy) is 3. The van der Waals surface area contributed by atoms with Crippen molar-refractivity contribution < 1.29 is 23.8 Å². The Morgan fingerprint density at radius 2 is 1.72 bits per heavy atom. The highest BCUT2D eigenvalue weighted by molar-refractivity contribution is 6.08. The van der Waals surface area contributed by atoms with E-state index >= 15 is 0 Å². The van der Waals surface area contributed by atoms with Crippen LogP contribution in [-0.4, -0.2) is 79.6 Å². The normalized spacial score (nSPS) is 14.7. The quantitative estimate of drug-likeness (QED) is 0.341. The van der Waals surface area contributed by atoms with Crippen molar-refractivity contribution in [1.29, 1.82) is 0 Å². The Hall–Kier alpha value is -4.15. The molecule has 1 aromatic heterocycles. The van der Waals surface area contributed by atoms with Gasteiger partial charge < -0.3 is 24.8 Å². The van der Waals surface area contributed by atoms with Crippen molar-refractivity contribution in [3.63, 3.8) is 0 Å². The minimum absolute atomic E-state index is 0.248. The molecule has 1 saturated heterocycles. The maximum absolute atomic E-state index is 13.4. The molecule has 0 bridgehead atoms. The van der Waals surface area contributed by atoms with Gasteiger partial charge in [0.25, 0.3) is 5.91 Å². The van der Waals surface area contributed by atoms with Crippen LogP contribution in [0.1, 0.15) is 17.4 Å². The third kappa shape index (κ3) is 5.67. The molecule has 1 aliphatic heterocycles. The molecule has 1 atom stereocenters. The molecule has 3 aromatic carbocycles. The topological polar surface area (TPSA) is 107 Å². The number of aromatic nitrogens is 2. The second kappa shape index (κ2) is 11.7. The van der Waals surface area contributed by atoms with Crippen LogP contribution in [0.25, 0.3) is 21.7 Å². The standard InChI is InChI=1S/C29H33N5O5/c1-19(28(35)31-21-17-20-7-4-5-8-22(20)25(18-21)38-3)30-29(36)26-23-9-6-10-24(37-2)27(23)34(32-26)12-11-33-13-15-39-16-14-33/h4-10,17-19H,11-16H2,1-3H3,(H,30,36)(H,31,35)/t19-/m0/s1. The van der Waals surface area contributed by atoms with Gasteiger partial charge >= 0.3 is 0 Å². The lowest BCUT2D eigenvalue weighted by Crippen LogP contribution is -2.41. The Labute approximate surface area is 226 Å². The van der Waals surface area contributed by atoms with Gasteiger partial charge in [-0.1, -0.05) is 36.4 Å². The first-order chi connectivity index (χ1) is 19.0. The van der Waals surface area contributed by atoms with Crippen molar-refractivity contribution in [1.82, 2.24) is 20.0 Å². The number of rotatable bonds is 9. The molecule has 204 valence electrons. The van der Waals surface area contributed by atoms with Crippen LogP contribution in [0.5, 0.6) is 11.5 Å². The molecule has 0 unspecified atom stereocenters. The third-order valence-electron chi connectivity index (χ3n) is 6.95.